The van der Waals surface area contributed by atoms with Crippen LogP contribution in [-0.4, -0.2) is 11.8 Å². The van der Waals surface area contributed by atoms with E-state index in [0.717, 1.165) is 16.0 Å². The highest BCUT2D eigenvalue weighted by Crippen LogP contribution is 2.37. The molecule has 0 aliphatic carbocycles. The summed E-state index contributed by atoms with van der Waals surface area (Å²) in [5.41, 5.74) is 2.91. The number of hydrogen-bond donors (Lipinski definition) is 1. The lowest BCUT2D eigenvalue weighted by Gasteiger charge is -2.17. The molecule has 2 aromatic carbocycles. The Morgan fingerprint density at radius 1 is 0.920 bits per heavy atom. The van der Waals surface area contributed by atoms with Crippen LogP contribution in [0.25, 0.3) is 0 Å². The summed E-state index contributed by atoms with van der Waals surface area (Å²) in [5, 5.41) is 3.14. The van der Waals surface area contributed by atoms with E-state index >= 15 is 0 Å². The lowest BCUT2D eigenvalue weighted by Crippen LogP contribution is -2.32. The molecule has 7 heteroatoms. The Bertz CT molecular complexity index is 938. The second-order valence-corrected chi connectivity index (χ2v) is 6.74. The van der Waals surface area contributed by atoms with Gasteiger partial charge in [-0.3, -0.25) is 9.59 Å². The van der Waals surface area contributed by atoms with Crippen molar-refractivity contribution in [3.8, 4) is 0 Å². The quantitative estimate of drug-likeness (QED) is 0.740. The first-order valence-corrected chi connectivity index (χ1v) is 8.52. The molecule has 4 nitrogen and oxygen atoms in total. The topological polar surface area (TPSA) is 49.4 Å². The van der Waals surface area contributed by atoms with Crippen LogP contribution in [0.15, 0.2) is 47.1 Å². The number of carbonyl (C=O) groups excluding carboxylic acids is 2. The van der Waals surface area contributed by atoms with Gasteiger partial charge in [0.2, 0.25) is 0 Å². The second-order valence-electron chi connectivity index (χ2n) is 5.58. The van der Waals surface area contributed by atoms with E-state index < -0.39 is 11.8 Å². The molecule has 1 aliphatic rings. The van der Waals surface area contributed by atoms with Crippen LogP contribution < -0.4 is 10.2 Å². The molecule has 0 atom stereocenters. The monoisotopic (exact) mass is 394 g/mol. The molecular formula is C18H13Cl3N2O2. The van der Waals surface area contributed by atoms with Gasteiger partial charge in [0.25, 0.3) is 11.8 Å². The number of aryl methyl sites for hydroxylation is 1. The molecule has 2 aromatic rings. The second kappa shape index (κ2) is 6.71. The minimum atomic E-state index is -0.649. The lowest BCUT2D eigenvalue weighted by molar-refractivity contribution is -0.120. The maximum atomic E-state index is 12.8. The molecule has 0 fully saturated rings. The van der Waals surface area contributed by atoms with Crippen molar-refractivity contribution < 1.29 is 9.59 Å². The van der Waals surface area contributed by atoms with Crippen molar-refractivity contribution >= 4 is 58.0 Å². The number of halogens is 3. The van der Waals surface area contributed by atoms with Crippen molar-refractivity contribution in [3.05, 3.63) is 68.3 Å². The maximum Gasteiger partial charge on any atom is 0.283 e. The van der Waals surface area contributed by atoms with E-state index in [4.69, 9.17) is 34.8 Å². The lowest BCUT2D eigenvalue weighted by atomic mass is 10.1. The molecule has 0 saturated heterocycles. The highest BCUT2D eigenvalue weighted by atomic mass is 35.5. The molecule has 0 aromatic heterocycles. The van der Waals surface area contributed by atoms with Gasteiger partial charge in [0, 0.05) is 5.69 Å². The summed E-state index contributed by atoms with van der Waals surface area (Å²) in [4.78, 5) is 26.2. The Morgan fingerprint density at radius 3 is 2.32 bits per heavy atom. The van der Waals surface area contributed by atoms with Crippen LogP contribution in [0.5, 0.6) is 0 Å². The van der Waals surface area contributed by atoms with E-state index in [0.29, 0.717) is 5.69 Å². The molecular weight excluding hydrogens is 383 g/mol. The molecule has 0 radical (unpaired) electrons. The van der Waals surface area contributed by atoms with Crippen LogP contribution in [0.1, 0.15) is 11.1 Å². The predicted octanol–water partition coefficient (Wildman–Crippen LogP) is 5.05. The van der Waals surface area contributed by atoms with Crippen molar-refractivity contribution in [1.29, 1.82) is 0 Å². The minimum Gasteiger partial charge on any atom is -0.349 e. The number of carbonyl (C=O) groups is 2. The van der Waals surface area contributed by atoms with E-state index in [1.807, 2.05) is 32.0 Å². The standard InChI is InChI=1S/C18H13Cl3N2O2/c1-9-5-3-7-12(10(9)2)22-16-15(21)17(24)23(18(16)25)13-8-4-6-11(19)14(13)20/h3-8,22H,1-2H3. The van der Waals surface area contributed by atoms with Crippen molar-refractivity contribution in [2.75, 3.05) is 10.2 Å². The average molecular weight is 396 g/mol. The Morgan fingerprint density at radius 2 is 1.60 bits per heavy atom. The molecule has 1 N–H and O–H groups in total. The predicted molar refractivity (Wildman–Crippen MR) is 101 cm³/mol. The third-order valence-corrected chi connectivity index (χ3v) is 5.22. The van der Waals surface area contributed by atoms with Crippen molar-refractivity contribution in [3.63, 3.8) is 0 Å². The first kappa shape index (κ1) is 17.8. The fourth-order valence-corrected chi connectivity index (χ4v) is 3.11. The van der Waals surface area contributed by atoms with Gasteiger partial charge in [-0.2, -0.15) is 0 Å². The number of amides is 2. The van der Waals surface area contributed by atoms with E-state index in [1.165, 1.54) is 6.07 Å². The van der Waals surface area contributed by atoms with Gasteiger partial charge in [0.05, 0.1) is 15.7 Å². The number of anilines is 2. The van der Waals surface area contributed by atoms with Crippen LogP contribution in [0.3, 0.4) is 0 Å². The zero-order valence-electron chi connectivity index (χ0n) is 13.4. The maximum absolute atomic E-state index is 12.8. The van der Waals surface area contributed by atoms with Crippen molar-refractivity contribution in [1.82, 2.24) is 0 Å². The van der Waals surface area contributed by atoms with Crippen LogP contribution in [-0.2, 0) is 9.59 Å². The van der Waals surface area contributed by atoms with Gasteiger partial charge >= 0.3 is 0 Å². The average Bonchev–Trinajstić information content (AvgIpc) is 2.78. The molecule has 1 heterocycles. The molecule has 0 spiro atoms. The van der Waals surface area contributed by atoms with Gasteiger partial charge < -0.3 is 5.32 Å². The molecule has 2 amide bonds. The van der Waals surface area contributed by atoms with E-state index in [-0.39, 0.29) is 26.5 Å². The summed E-state index contributed by atoms with van der Waals surface area (Å²) in [6.45, 7) is 3.87. The third-order valence-electron chi connectivity index (χ3n) is 4.06. The van der Waals surface area contributed by atoms with Gasteiger partial charge in [0.15, 0.2) is 0 Å². The summed E-state index contributed by atoms with van der Waals surface area (Å²) in [6.07, 6.45) is 0. The Hall–Kier alpha value is -2.01. The first-order valence-electron chi connectivity index (χ1n) is 7.38. The molecule has 1 aliphatic heterocycles. The van der Waals surface area contributed by atoms with Crippen molar-refractivity contribution in [2.24, 2.45) is 0 Å². The summed E-state index contributed by atoms with van der Waals surface area (Å²) in [5.74, 6) is -1.23. The van der Waals surface area contributed by atoms with Crippen LogP contribution >= 0.6 is 34.8 Å². The Balaban J connectivity index is 2.00. The van der Waals surface area contributed by atoms with E-state index in [2.05, 4.69) is 5.32 Å². The number of nitrogens with one attached hydrogen (secondary N) is 1. The zero-order valence-corrected chi connectivity index (χ0v) is 15.6. The molecule has 128 valence electrons. The molecule has 3 rings (SSSR count). The molecule has 25 heavy (non-hydrogen) atoms. The number of imide groups is 1. The highest BCUT2D eigenvalue weighted by molar-refractivity contribution is 6.54. The number of rotatable bonds is 3. The van der Waals surface area contributed by atoms with Crippen molar-refractivity contribution in [2.45, 2.75) is 13.8 Å². The summed E-state index contributed by atoms with van der Waals surface area (Å²) in [6, 6.07) is 10.3. The van der Waals surface area contributed by atoms with Gasteiger partial charge in [-0.05, 0) is 43.2 Å². The smallest absolute Gasteiger partial charge is 0.283 e. The number of hydrogen-bond acceptors (Lipinski definition) is 3. The van der Waals surface area contributed by atoms with E-state index in [1.54, 1.807) is 12.1 Å². The fourth-order valence-electron chi connectivity index (χ4n) is 2.52. The van der Waals surface area contributed by atoms with Gasteiger partial charge in [0.1, 0.15) is 10.7 Å². The third kappa shape index (κ3) is 3.01. The fraction of sp³-hybridized carbons (Fsp3) is 0.111. The Labute approximate surface area is 160 Å². The molecule has 0 saturated carbocycles. The van der Waals surface area contributed by atoms with Crippen LogP contribution in [0.4, 0.5) is 11.4 Å². The summed E-state index contributed by atoms with van der Waals surface area (Å²) < 4.78 is 0. The zero-order chi connectivity index (χ0) is 18.3. The molecule has 0 bridgehead atoms. The van der Waals surface area contributed by atoms with Crippen LogP contribution in [0.2, 0.25) is 10.0 Å². The van der Waals surface area contributed by atoms with E-state index in [9.17, 15) is 9.59 Å². The minimum absolute atomic E-state index is 0.0106. The largest absolute Gasteiger partial charge is 0.349 e. The summed E-state index contributed by atoms with van der Waals surface area (Å²) >= 11 is 18.3. The highest BCUT2D eigenvalue weighted by Gasteiger charge is 2.40. The van der Waals surface area contributed by atoms with Gasteiger partial charge in [-0.1, -0.05) is 53.0 Å². The normalized spacial score (nSPS) is 14.5. The molecule has 0 unspecified atom stereocenters. The van der Waals surface area contributed by atoms with Crippen LogP contribution in [0, 0.1) is 13.8 Å². The number of nitrogens with zero attached hydrogens (tertiary/aromatic N) is 1. The van der Waals surface area contributed by atoms with Gasteiger partial charge in [-0.25, -0.2) is 4.90 Å². The summed E-state index contributed by atoms with van der Waals surface area (Å²) in [7, 11) is 0. The first-order chi connectivity index (χ1) is 11.8. The van der Waals surface area contributed by atoms with Gasteiger partial charge in [-0.15, -0.1) is 0 Å². The Kier molecular flexibility index (Phi) is 4.78. The SMILES string of the molecule is Cc1cccc(NC2=C(Cl)C(=O)N(c3cccc(Cl)c3Cl)C2=O)c1C. The number of benzene rings is 2.